The van der Waals surface area contributed by atoms with E-state index >= 15 is 0 Å². The Morgan fingerprint density at radius 1 is 0.773 bits per heavy atom. The zero-order chi connectivity index (χ0) is 31.9. The lowest BCUT2D eigenvalue weighted by atomic mass is 10.0. The molecule has 0 fully saturated rings. The number of benzene rings is 3. The second-order valence-electron chi connectivity index (χ2n) is 10.8. The maximum Gasteiger partial charge on any atom is 0.408 e. The Morgan fingerprint density at radius 3 is 1.93 bits per heavy atom. The van der Waals surface area contributed by atoms with E-state index in [4.69, 9.17) is 9.47 Å². The van der Waals surface area contributed by atoms with Crippen LogP contribution in [0.5, 0.6) is 5.75 Å². The summed E-state index contributed by atoms with van der Waals surface area (Å²) < 4.78 is 11.0. The van der Waals surface area contributed by atoms with Crippen molar-refractivity contribution in [2.75, 3.05) is 6.54 Å². The Balaban J connectivity index is 1.48. The first-order valence-electron chi connectivity index (χ1n) is 14.7. The monoisotopic (exact) mass is 603 g/mol. The molecule has 0 saturated heterocycles. The summed E-state index contributed by atoms with van der Waals surface area (Å²) in [4.78, 5) is 51.0. The van der Waals surface area contributed by atoms with Crippen molar-refractivity contribution < 1.29 is 33.8 Å². The van der Waals surface area contributed by atoms with E-state index in [2.05, 4.69) is 16.0 Å². The SMILES string of the molecule is CC[C@H](NC(=O)[C@H](CC(C)C)NC(=O)OCc1ccccc1)C(=O)C(=O)NCC(O)c1ccc(OCc2ccccc2)cc1. The average Bonchev–Trinajstić information content (AvgIpc) is 3.04. The summed E-state index contributed by atoms with van der Waals surface area (Å²) in [5.74, 6) is -1.72. The number of Topliss-reactive ketones (excluding diaryl/α,β-unsaturated/α-hetero) is 1. The van der Waals surface area contributed by atoms with Crippen LogP contribution < -0.4 is 20.7 Å². The van der Waals surface area contributed by atoms with E-state index < -0.39 is 41.9 Å². The van der Waals surface area contributed by atoms with E-state index in [1.54, 1.807) is 31.2 Å². The highest BCUT2D eigenvalue weighted by molar-refractivity contribution is 6.38. The van der Waals surface area contributed by atoms with E-state index in [0.29, 0.717) is 24.3 Å². The molecule has 3 aromatic carbocycles. The first-order chi connectivity index (χ1) is 21.2. The summed E-state index contributed by atoms with van der Waals surface area (Å²) in [6.45, 7) is 5.68. The van der Waals surface area contributed by atoms with Crippen LogP contribution in [0, 0.1) is 5.92 Å². The van der Waals surface area contributed by atoms with E-state index in [-0.39, 0.29) is 25.5 Å². The van der Waals surface area contributed by atoms with Crippen molar-refractivity contribution in [2.24, 2.45) is 5.92 Å². The van der Waals surface area contributed by atoms with Crippen molar-refractivity contribution in [3.63, 3.8) is 0 Å². The molecular formula is C34H41N3O7. The minimum absolute atomic E-state index is 0.0387. The van der Waals surface area contributed by atoms with E-state index in [1.165, 1.54) is 0 Å². The van der Waals surface area contributed by atoms with Crippen LogP contribution in [0.25, 0.3) is 0 Å². The highest BCUT2D eigenvalue weighted by atomic mass is 16.5. The smallest absolute Gasteiger partial charge is 0.408 e. The van der Waals surface area contributed by atoms with Crippen LogP contribution in [0.4, 0.5) is 4.79 Å². The predicted octanol–water partition coefficient (Wildman–Crippen LogP) is 4.22. The molecule has 0 radical (unpaired) electrons. The molecule has 0 heterocycles. The Labute approximate surface area is 258 Å². The van der Waals surface area contributed by atoms with Crippen molar-refractivity contribution in [3.05, 3.63) is 102 Å². The third-order valence-electron chi connectivity index (χ3n) is 6.76. The fourth-order valence-electron chi connectivity index (χ4n) is 4.31. The van der Waals surface area contributed by atoms with Gasteiger partial charge in [-0.2, -0.15) is 0 Å². The fourth-order valence-corrected chi connectivity index (χ4v) is 4.31. The Bertz CT molecular complexity index is 1350. The van der Waals surface area contributed by atoms with E-state index in [9.17, 15) is 24.3 Å². The van der Waals surface area contributed by atoms with Gasteiger partial charge >= 0.3 is 6.09 Å². The van der Waals surface area contributed by atoms with E-state index in [0.717, 1.165) is 11.1 Å². The largest absolute Gasteiger partial charge is 0.489 e. The third kappa shape index (κ3) is 11.2. The average molecular weight is 604 g/mol. The van der Waals surface area contributed by atoms with Gasteiger partial charge in [0, 0.05) is 6.54 Å². The minimum atomic E-state index is -1.11. The number of hydrogen-bond acceptors (Lipinski definition) is 7. The van der Waals surface area contributed by atoms with Gasteiger partial charge in [0.2, 0.25) is 11.7 Å². The van der Waals surface area contributed by atoms with Gasteiger partial charge in [-0.15, -0.1) is 0 Å². The zero-order valence-electron chi connectivity index (χ0n) is 25.3. The lowest BCUT2D eigenvalue weighted by molar-refractivity contribution is -0.140. The van der Waals surface area contributed by atoms with Crippen LogP contribution in [0.15, 0.2) is 84.9 Å². The van der Waals surface area contributed by atoms with Crippen LogP contribution in [0.2, 0.25) is 0 Å². The van der Waals surface area contributed by atoms with Crippen LogP contribution in [0.1, 0.15) is 56.4 Å². The number of aliphatic hydroxyl groups is 1. The maximum atomic E-state index is 13.1. The van der Waals surface area contributed by atoms with Gasteiger partial charge in [0.15, 0.2) is 0 Å². The number of carbonyl (C=O) groups excluding carboxylic acids is 4. The maximum absolute atomic E-state index is 13.1. The van der Waals surface area contributed by atoms with Gasteiger partial charge in [-0.3, -0.25) is 14.4 Å². The van der Waals surface area contributed by atoms with Crippen LogP contribution >= 0.6 is 0 Å². The molecule has 3 aromatic rings. The molecule has 0 bridgehead atoms. The van der Waals surface area contributed by atoms with Crippen LogP contribution in [-0.2, 0) is 32.3 Å². The molecular weight excluding hydrogens is 562 g/mol. The zero-order valence-corrected chi connectivity index (χ0v) is 25.3. The Kier molecular flexibility index (Phi) is 13.4. The van der Waals surface area contributed by atoms with Crippen molar-refractivity contribution in [2.45, 2.75) is 65.0 Å². The molecule has 10 nitrogen and oxygen atoms in total. The molecule has 234 valence electrons. The number of aliphatic hydroxyl groups excluding tert-OH is 1. The van der Waals surface area contributed by atoms with Gasteiger partial charge in [-0.25, -0.2) is 4.79 Å². The van der Waals surface area contributed by atoms with Gasteiger partial charge in [-0.1, -0.05) is 93.6 Å². The van der Waals surface area contributed by atoms with Gasteiger partial charge < -0.3 is 30.5 Å². The number of rotatable bonds is 16. The summed E-state index contributed by atoms with van der Waals surface area (Å²) in [6, 6.07) is 23.6. The van der Waals surface area contributed by atoms with Gasteiger partial charge in [0.25, 0.3) is 5.91 Å². The van der Waals surface area contributed by atoms with Crippen molar-refractivity contribution in [3.8, 4) is 5.75 Å². The number of alkyl carbamates (subject to hydrolysis) is 1. The first kappa shape index (κ1) is 33.8. The molecule has 4 N–H and O–H groups in total. The molecule has 1 unspecified atom stereocenters. The summed E-state index contributed by atoms with van der Waals surface area (Å²) in [7, 11) is 0. The molecule has 44 heavy (non-hydrogen) atoms. The summed E-state index contributed by atoms with van der Waals surface area (Å²) in [5, 5.41) is 18.2. The molecule has 3 amide bonds. The summed E-state index contributed by atoms with van der Waals surface area (Å²) >= 11 is 0. The van der Waals surface area contributed by atoms with Crippen LogP contribution in [-0.4, -0.2) is 47.4 Å². The first-order valence-corrected chi connectivity index (χ1v) is 14.7. The third-order valence-corrected chi connectivity index (χ3v) is 6.76. The van der Waals surface area contributed by atoms with Gasteiger partial charge in [0.1, 0.15) is 25.0 Å². The van der Waals surface area contributed by atoms with E-state index in [1.807, 2.05) is 74.5 Å². The number of ether oxygens (including phenoxy) is 2. The quantitative estimate of drug-likeness (QED) is 0.180. The topological polar surface area (TPSA) is 143 Å². The summed E-state index contributed by atoms with van der Waals surface area (Å²) in [5.41, 5.74) is 2.36. The lowest BCUT2D eigenvalue weighted by Crippen LogP contribution is -2.54. The number of nitrogens with one attached hydrogen (secondary N) is 3. The highest BCUT2D eigenvalue weighted by Gasteiger charge is 2.30. The molecule has 0 aliphatic rings. The van der Waals surface area contributed by atoms with Gasteiger partial charge in [-0.05, 0) is 47.6 Å². The number of hydrogen-bond donors (Lipinski definition) is 4. The van der Waals surface area contributed by atoms with Crippen molar-refractivity contribution in [1.29, 1.82) is 0 Å². The molecule has 0 spiro atoms. The number of ketones is 1. The molecule has 0 aliphatic heterocycles. The normalized spacial score (nSPS) is 12.8. The van der Waals surface area contributed by atoms with Crippen molar-refractivity contribution >= 4 is 23.7 Å². The Hall–Kier alpha value is -4.70. The highest BCUT2D eigenvalue weighted by Crippen LogP contribution is 2.18. The molecule has 3 rings (SSSR count). The number of amides is 3. The predicted molar refractivity (Wildman–Crippen MR) is 165 cm³/mol. The van der Waals surface area contributed by atoms with Crippen LogP contribution in [0.3, 0.4) is 0 Å². The molecule has 0 aromatic heterocycles. The van der Waals surface area contributed by atoms with Gasteiger partial charge in [0.05, 0.1) is 12.1 Å². The minimum Gasteiger partial charge on any atom is -0.489 e. The molecule has 0 saturated carbocycles. The van der Waals surface area contributed by atoms with Crippen molar-refractivity contribution in [1.82, 2.24) is 16.0 Å². The Morgan fingerprint density at radius 2 is 1.36 bits per heavy atom. The summed E-state index contributed by atoms with van der Waals surface area (Å²) in [6.07, 6.45) is -1.38. The fraction of sp³-hybridized carbons (Fsp3) is 0.353. The standard InChI is InChI=1S/C34H41N3O7/c1-4-28(36-32(40)29(19-23(2)3)37-34(42)44-22-25-13-9-6-10-14-25)31(39)33(41)35-20-30(38)26-15-17-27(18-16-26)43-21-24-11-7-5-8-12-24/h5-18,23,28-30,38H,4,19-22H2,1-3H3,(H,35,41)(H,36,40)(H,37,42)/t28-,29-,30?/m0/s1. The number of carbonyl (C=O) groups is 4. The molecule has 3 atom stereocenters. The second kappa shape index (κ2) is 17.4. The second-order valence-corrected chi connectivity index (χ2v) is 10.8. The lowest BCUT2D eigenvalue weighted by Gasteiger charge is -2.23. The molecule has 10 heteroatoms. The molecule has 0 aliphatic carbocycles.